The average molecular weight is 316 g/mol. The lowest BCUT2D eigenvalue weighted by Crippen LogP contribution is -2.50. The van der Waals surface area contributed by atoms with E-state index < -0.39 is 0 Å². The Morgan fingerprint density at radius 1 is 1.00 bits per heavy atom. The van der Waals surface area contributed by atoms with Gasteiger partial charge in [-0.2, -0.15) is 0 Å². The molecular formula is C17H24N4O2. The number of benzene rings is 1. The summed E-state index contributed by atoms with van der Waals surface area (Å²) in [5.74, 6) is -0.223. The Hall–Kier alpha value is -1.92. The number of hydrogen-bond donors (Lipinski definition) is 2. The maximum atomic E-state index is 11.9. The minimum Gasteiger partial charge on any atom is -0.335 e. The van der Waals surface area contributed by atoms with E-state index in [1.165, 1.54) is 5.56 Å². The van der Waals surface area contributed by atoms with Crippen LogP contribution >= 0.6 is 0 Å². The van der Waals surface area contributed by atoms with E-state index in [-0.39, 0.29) is 24.5 Å². The van der Waals surface area contributed by atoms with Crippen LogP contribution in [0.1, 0.15) is 18.4 Å². The predicted molar refractivity (Wildman–Crippen MR) is 87.9 cm³/mol. The van der Waals surface area contributed by atoms with E-state index in [1.807, 2.05) is 6.07 Å². The predicted octanol–water partition coefficient (Wildman–Crippen LogP) is 0.792. The van der Waals surface area contributed by atoms with Gasteiger partial charge in [0.25, 0.3) is 0 Å². The average Bonchev–Trinajstić information content (AvgIpc) is 3.34. The zero-order valence-corrected chi connectivity index (χ0v) is 13.3. The molecule has 1 aromatic rings. The largest absolute Gasteiger partial charge is 0.335 e. The van der Waals surface area contributed by atoms with Gasteiger partial charge >= 0.3 is 6.03 Å². The first kappa shape index (κ1) is 16.0. The van der Waals surface area contributed by atoms with E-state index in [4.69, 9.17) is 0 Å². The van der Waals surface area contributed by atoms with Gasteiger partial charge in [-0.3, -0.25) is 19.9 Å². The lowest BCUT2D eigenvalue weighted by molar-refractivity contribution is -0.121. The SMILES string of the molecule is O=C(CN1CCN(Cc2ccccc2)CC1)NC(=O)NC1CC1. The zero-order chi connectivity index (χ0) is 16.1. The molecule has 0 radical (unpaired) electrons. The fourth-order valence-electron chi connectivity index (χ4n) is 2.77. The highest BCUT2D eigenvalue weighted by Crippen LogP contribution is 2.18. The summed E-state index contributed by atoms with van der Waals surface area (Å²) < 4.78 is 0. The van der Waals surface area contributed by atoms with Crippen molar-refractivity contribution in [2.24, 2.45) is 0 Å². The molecule has 2 N–H and O–H groups in total. The summed E-state index contributed by atoms with van der Waals surface area (Å²) >= 11 is 0. The highest BCUT2D eigenvalue weighted by atomic mass is 16.2. The number of nitrogens with one attached hydrogen (secondary N) is 2. The van der Waals surface area contributed by atoms with Crippen LogP contribution in [-0.4, -0.2) is 60.5 Å². The van der Waals surface area contributed by atoms with Gasteiger partial charge in [-0.1, -0.05) is 30.3 Å². The number of rotatable bonds is 5. The molecule has 3 rings (SSSR count). The summed E-state index contributed by atoms with van der Waals surface area (Å²) in [6, 6.07) is 10.3. The monoisotopic (exact) mass is 316 g/mol. The van der Waals surface area contributed by atoms with Gasteiger partial charge in [-0.25, -0.2) is 4.79 Å². The number of imide groups is 1. The molecule has 1 aliphatic heterocycles. The molecule has 6 nitrogen and oxygen atoms in total. The van der Waals surface area contributed by atoms with E-state index in [0.717, 1.165) is 45.6 Å². The quantitative estimate of drug-likeness (QED) is 0.843. The summed E-state index contributed by atoms with van der Waals surface area (Å²) in [4.78, 5) is 27.9. The first-order valence-electron chi connectivity index (χ1n) is 8.28. The van der Waals surface area contributed by atoms with Crippen molar-refractivity contribution in [2.45, 2.75) is 25.4 Å². The molecule has 23 heavy (non-hydrogen) atoms. The number of amides is 3. The van der Waals surface area contributed by atoms with Crippen molar-refractivity contribution in [3.8, 4) is 0 Å². The summed E-state index contributed by atoms with van der Waals surface area (Å²) in [5.41, 5.74) is 1.32. The van der Waals surface area contributed by atoms with Crippen molar-refractivity contribution >= 4 is 11.9 Å². The number of piperazine rings is 1. The molecule has 124 valence electrons. The first-order valence-corrected chi connectivity index (χ1v) is 8.28. The van der Waals surface area contributed by atoms with Crippen LogP contribution in [0.25, 0.3) is 0 Å². The third-order valence-corrected chi connectivity index (χ3v) is 4.25. The fraction of sp³-hybridized carbons (Fsp3) is 0.529. The van der Waals surface area contributed by atoms with Crippen molar-refractivity contribution in [3.63, 3.8) is 0 Å². The molecule has 1 saturated carbocycles. The van der Waals surface area contributed by atoms with E-state index >= 15 is 0 Å². The molecular weight excluding hydrogens is 292 g/mol. The Labute approximate surface area is 136 Å². The second kappa shape index (κ2) is 7.57. The van der Waals surface area contributed by atoms with E-state index in [9.17, 15) is 9.59 Å². The first-order chi connectivity index (χ1) is 11.2. The number of hydrogen-bond acceptors (Lipinski definition) is 4. The Kier molecular flexibility index (Phi) is 5.25. The second-order valence-electron chi connectivity index (χ2n) is 6.33. The van der Waals surface area contributed by atoms with Crippen LogP contribution in [0, 0.1) is 0 Å². The van der Waals surface area contributed by atoms with Crippen LogP contribution in [-0.2, 0) is 11.3 Å². The van der Waals surface area contributed by atoms with Gasteiger partial charge in [0.05, 0.1) is 6.54 Å². The van der Waals surface area contributed by atoms with Crippen LogP contribution in [0.3, 0.4) is 0 Å². The zero-order valence-electron chi connectivity index (χ0n) is 13.3. The van der Waals surface area contributed by atoms with Gasteiger partial charge in [0.1, 0.15) is 0 Å². The Balaban J connectivity index is 1.35. The molecule has 0 bridgehead atoms. The van der Waals surface area contributed by atoms with E-state index in [2.05, 4.69) is 44.7 Å². The minimum atomic E-state index is -0.361. The molecule has 1 aliphatic carbocycles. The lowest BCUT2D eigenvalue weighted by Gasteiger charge is -2.34. The number of urea groups is 1. The molecule has 0 aromatic heterocycles. The molecule has 3 amide bonds. The van der Waals surface area contributed by atoms with Gasteiger partial charge in [0.2, 0.25) is 5.91 Å². The van der Waals surface area contributed by atoms with Crippen molar-refractivity contribution in [1.82, 2.24) is 20.4 Å². The number of carbonyl (C=O) groups is 2. The van der Waals surface area contributed by atoms with Crippen LogP contribution < -0.4 is 10.6 Å². The molecule has 1 saturated heterocycles. The lowest BCUT2D eigenvalue weighted by atomic mass is 10.2. The molecule has 0 unspecified atom stereocenters. The Morgan fingerprint density at radius 3 is 2.30 bits per heavy atom. The van der Waals surface area contributed by atoms with Crippen LogP contribution in [0.15, 0.2) is 30.3 Å². The normalized spacial score (nSPS) is 19.3. The standard InChI is InChI=1S/C17H24N4O2/c22-16(19-17(23)18-15-6-7-15)13-21-10-8-20(9-11-21)12-14-4-2-1-3-5-14/h1-5,15H,6-13H2,(H2,18,19,22,23). The van der Waals surface area contributed by atoms with Crippen LogP contribution in [0.4, 0.5) is 4.79 Å². The summed E-state index contributed by atoms with van der Waals surface area (Å²) in [5, 5.41) is 5.16. The molecule has 0 spiro atoms. The molecule has 1 heterocycles. The van der Waals surface area contributed by atoms with E-state index in [1.54, 1.807) is 0 Å². The molecule has 6 heteroatoms. The number of nitrogens with zero attached hydrogens (tertiary/aromatic N) is 2. The Bertz CT molecular complexity index is 537. The third-order valence-electron chi connectivity index (χ3n) is 4.25. The van der Waals surface area contributed by atoms with Gasteiger partial charge in [-0.15, -0.1) is 0 Å². The maximum absolute atomic E-state index is 11.9. The smallest absolute Gasteiger partial charge is 0.321 e. The minimum absolute atomic E-state index is 0.223. The highest BCUT2D eigenvalue weighted by molar-refractivity contribution is 5.95. The van der Waals surface area contributed by atoms with E-state index in [0.29, 0.717) is 0 Å². The maximum Gasteiger partial charge on any atom is 0.321 e. The third kappa shape index (κ3) is 5.33. The van der Waals surface area contributed by atoms with Crippen molar-refractivity contribution in [2.75, 3.05) is 32.7 Å². The summed E-state index contributed by atoms with van der Waals surface area (Å²) in [7, 11) is 0. The highest BCUT2D eigenvalue weighted by Gasteiger charge is 2.24. The Morgan fingerprint density at radius 2 is 1.65 bits per heavy atom. The van der Waals surface area contributed by atoms with Crippen LogP contribution in [0.5, 0.6) is 0 Å². The fourth-order valence-corrected chi connectivity index (χ4v) is 2.77. The van der Waals surface area contributed by atoms with Gasteiger partial charge in [-0.05, 0) is 18.4 Å². The topological polar surface area (TPSA) is 64.7 Å². The van der Waals surface area contributed by atoms with Crippen molar-refractivity contribution < 1.29 is 9.59 Å². The van der Waals surface area contributed by atoms with Gasteiger partial charge < -0.3 is 5.32 Å². The van der Waals surface area contributed by atoms with Crippen LogP contribution in [0.2, 0.25) is 0 Å². The van der Waals surface area contributed by atoms with Gasteiger partial charge in [0, 0.05) is 38.8 Å². The molecule has 1 aromatic carbocycles. The summed E-state index contributed by atoms with van der Waals surface area (Å²) in [6.07, 6.45) is 2.04. The molecule has 2 fully saturated rings. The van der Waals surface area contributed by atoms with Gasteiger partial charge in [0.15, 0.2) is 0 Å². The van der Waals surface area contributed by atoms with Crippen molar-refractivity contribution in [1.29, 1.82) is 0 Å². The summed E-state index contributed by atoms with van der Waals surface area (Å²) in [6.45, 7) is 4.82. The molecule has 2 aliphatic rings. The van der Waals surface area contributed by atoms with Crippen molar-refractivity contribution in [3.05, 3.63) is 35.9 Å². The number of carbonyl (C=O) groups excluding carboxylic acids is 2. The molecule has 0 atom stereocenters. The second-order valence-corrected chi connectivity index (χ2v) is 6.33.